The van der Waals surface area contributed by atoms with Crippen molar-refractivity contribution in [1.82, 2.24) is 5.32 Å². The predicted octanol–water partition coefficient (Wildman–Crippen LogP) is 1.37. The average molecular weight is 106 g/mol. The Balaban J connectivity index is 2.68. The van der Waals surface area contributed by atoms with E-state index in [1.807, 2.05) is 6.08 Å². The lowest BCUT2D eigenvalue weighted by atomic mass is 10.2. The van der Waals surface area contributed by atoms with E-state index in [1.165, 1.54) is 0 Å². The second-order valence-electron chi connectivity index (χ2n) is 1.76. The smallest absolute Gasteiger partial charge is 0.0385 e. The van der Waals surface area contributed by atoms with Crippen molar-refractivity contribution in [3.05, 3.63) is 36.7 Å². The molecule has 8 heavy (non-hydrogen) atoms. The minimum Gasteiger partial charge on any atom is -0.359 e. The first kappa shape index (κ1) is 5.16. The van der Waals surface area contributed by atoms with E-state index in [2.05, 4.69) is 24.6 Å². The summed E-state index contributed by atoms with van der Waals surface area (Å²) in [6, 6.07) is 0. The van der Waals surface area contributed by atoms with Gasteiger partial charge in [-0.2, -0.15) is 0 Å². The van der Waals surface area contributed by atoms with E-state index in [-0.39, 0.29) is 0 Å². The summed E-state index contributed by atoms with van der Waals surface area (Å²) in [5.74, 6) is 0. The molecule has 0 atom stereocenters. The van der Waals surface area contributed by atoms with Crippen molar-refractivity contribution in [3.8, 4) is 0 Å². The minimum atomic E-state index is 0.807. The fourth-order valence-corrected chi connectivity index (χ4v) is 0.598. The van der Waals surface area contributed by atoms with Gasteiger partial charge in [0, 0.05) is 23.9 Å². The van der Waals surface area contributed by atoms with Crippen LogP contribution in [0.1, 0.15) is 6.42 Å². The van der Waals surface area contributed by atoms with Crippen LogP contribution in [0.15, 0.2) is 30.6 Å². The highest BCUT2D eigenvalue weighted by molar-refractivity contribution is 5.19. The monoisotopic (exact) mass is 106 g/mol. The van der Waals surface area contributed by atoms with Crippen molar-refractivity contribution in [1.29, 1.82) is 0 Å². The summed E-state index contributed by atoms with van der Waals surface area (Å²) in [5, 5.41) is 2.95. The lowest BCUT2D eigenvalue weighted by molar-refractivity contribution is 0.922. The quantitative estimate of drug-likeness (QED) is 0.491. The fraction of sp³-hybridized carbons (Fsp3) is 0.143. The molecule has 0 bridgehead atoms. The molecule has 0 aromatic carbocycles. The zero-order valence-corrected chi connectivity index (χ0v) is 4.70. The molecule has 1 radical (unpaired) electrons. The van der Waals surface area contributed by atoms with Gasteiger partial charge in [0.1, 0.15) is 0 Å². The Bertz CT molecular complexity index is 154. The predicted molar refractivity (Wildman–Crippen MR) is 33.8 cm³/mol. The van der Waals surface area contributed by atoms with E-state index in [0.29, 0.717) is 0 Å². The Kier molecular flexibility index (Phi) is 1.20. The molecule has 0 fully saturated rings. The molecule has 1 aliphatic heterocycles. The van der Waals surface area contributed by atoms with Crippen LogP contribution in [0.25, 0.3) is 0 Å². The van der Waals surface area contributed by atoms with Gasteiger partial charge in [-0.25, -0.2) is 0 Å². The van der Waals surface area contributed by atoms with Crippen molar-refractivity contribution >= 4 is 0 Å². The second kappa shape index (κ2) is 1.86. The van der Waals surface area contributed by atoms with Gasteiger partial charge in [0.25, 0.3) is 0 Å². The molecule has 1 nitrogen and oxygen atoms in total. The molecule has 0 aliphatic carbocycles. The van der Waals surface area contributed by atoms with Crippen LogP contribution in [0.2, 0.25) is 0 Å². The van der Waals surface area contributed by atoms with Crippen LogP contribution < -0.4 is 5.32 Å². The summed E-state index contributed by atoms with van der Waals surface area (Å²) >= 11 is 0. The molecular formula is C7H8N. The fourth-order valence-electron chi connectivity index (χ4n) is 0.598. The first-order chi connectivity index (χ1) is 3.79. The standard InChI is InChI=1S/C7H8N/c1-6-4-3-5-7(2)8-6/h3,8H,1-2,4H2. The third-order valence-electron chi connectivity index (χ3n) is 0.952. The van der Waals surface area contributed by atoms with E-state index >= 15 is 0 Å². The van der Waals surface area contributed by atoms with Gasteiger partial charge in [-0.05, 0) is 0 Å². The topological polar surface area (TPSA) is 12.0 Å². The SMILES string of the molecule is C=C1[C]=CCC(=C)N1. The molecule has 0 amide bonds. The van der Waals surface area contributed by atoms with Gasteiger partial charge in [0.15, 0.2) is 0 Å². The number of nitrogens with one attached hydrogen (secondary N) is 1. The van der Waals surface area contributed by atoms with Gasteiger partial charge in [0.05, 0.1) is 0 Å². The van der Waals surface area contributed by atoms with Crippen LogP contribution in [0.4, 0.5) is 0 Å². The number of rotatable bonds is 0. The Labute approximate surface area is 49.4 Å². The van der Waals surface area contributed by atoms with Crippen molar-refractivity contribution in [2.75, 3.05) is 0 Å². The Morgan fingerprint density at radius 2 is 2.38 bits per heavy atom. The average Bonchev–Trinajstić information content (AvgIpc) is 1.64. The van der Waals surface area contributed by atoms with Gasteiger partial charge >= 0.3 is 0 Å². The summed E-state index contributed by atoms with van der Waals surface area (Å²) in [7, 11) is 0. The van der Waals surface area contributed by atoms with Crippen molar-refractivity contribution in [2.24, 2.45) is 0 Å². The summed E-state index contributed by atoms with van der Waals surface area (Å²) in [5.41, 5.74) is 1.80. The lowest BCUT2D eigenvalue weighted by Gasteiger charge is -2.10. The maximum Gasteiger partial charge on any atom is 0.0385 e. The van der Waals surface area contributed by atoms with E-state index < -0.39 is 0 Å². The second-order valence-corrected chi connectivity index (χ2v) is 1.76. The van der Waals surface area contributed by atoms with Gasteiger partial charge in [-0.3, -0.25) is 0 Å². The molecule has 0 unspecified atom stereocenters. The molecule has 1 aliphatic rings. The maximum absolute atomic E-state index is 3.72. The Morgan fingerprint density at radius 1 is 1.62 bits per heavy atom. The van der Waals surface area contributed by atoms with Crippen molar-refractivity contribution in [2.45, 2.75) is 6.42 Å². The molecule has 1 rings (SSSR count). The largest absolute Gasteiger partial charge is 0.359 e. The first-order valence-corrected chi connectivity index (χ1v) is 2.51. The van der Waals surface area contributed by atoms with Gasteiger partial charge in [0.2, 0.25) is 0 Å². The van der Waals surface area contributed by atoms with E-state index in [1.54, 1.807) is 0 Å². The number of hydrogen-bond acceptors (Lipinski definition) is 1. The van der Waals surface area contributed by atoms with E-state index in [9.17, 15) is 0 Å². The normalized spacial score (nSPS) is 18.5. The van der Waals surface area contributed by atoms with E-state index in [4.69, 9.17) is 0 Å². The van der Waals surface area contributed by atoms with Gasteiger partial charge in [-0.15, -0.1) is 0 Å². The summed E-state index contributed by atoms with van der Waals surface area (Å²) < 4.78 is 0. The third-order valence-corrected chi connectivity index (χ3v) is 0.952. The molecular weight excluding hydrogens is 98.1 g/mol. The maximum atomic E-state index is 3.72. The Morgan fingerprint density at radius 3 is 2.75 bits per heavy atom. The zero-order chi connectivity index (χ0) is 5.98. The highest BCUT2D eigenvalue weighted by Crippen LogP contribution is 2.04. The Hall–Kier alpha value is -0.980. The van der Waals surface area contributed by atoms with Crippen molar-refractivity contribution < 1.29 is 0 Å². The molecule has 1 N–H and O–H groups in total. The lowest BCUT2D eigenvalue weighted by Crippen LogP contribution is -2.12. The molecule has 0 saturated heterocycles. The summed E-state index contributed by atoms with van der Waals surface area (Å²) in [6.07, 6.45) is 5.71. The molecule has 41 valence electrons. The van der Waals surface area contributed by atoms with Gasteiger partial charge < -0.3 is 5.32 Å². The number of allylic oxidation sites excluding steroid dienone is 2. The van der Waals surface area contributed by atoms with Crippen LogP contribution in [-0.4, -0.2) is 0 Å². The third kappa shape index (κ3) is 0.997. The highest BCUT2D eigenvalue weighted by Gasteiger charge is 1.96. The molecule has 0 aromatic rings. The molecule has 0 spiro atoms. The molecule has 0 saturated carbocycles. The zero-order valence-electron chi connectivity index (χ0n) is 4.70. The molecule has 1 heterocycles. The summed E-state index contributed by atoms with van der Waals surface area (Å²) in [6.45, 7) is 7.37. The van der Waals surface area contributed by atoms with Gasteiger partial charge in [-0.1, -0.05) is 19.2 Å². The van der Waals surface area contributed by atoms with Crippen molar-refractivity contribution in [3.63, 3.8) is 0 Å². The highest BCUT2D eigenvalue weighted by atomic mass is 14.9. The van der Waals surface area contributed by atoms with Crippen LogP contribution in [0, 0.1) is 6.08 Å². The van der Waals surface area contributed by atoms with Crippen LogP contribution in [-0.2, 0) is 0 Å². The van der Waals surface area contributed by atoms with Crippen LogP contribution >= 0.6 is 0 Å². The number of hydrogen-bond donors (Lipinski definition) is 1. The van der Waals surface area contributed by atoms with Crippen LogP contribution in [0.5, 0.6) is 0 Å². The molecule has 0 aromatic heterocycles. The first-order valence-electron chi connectivity index (χ1n) is 2.51. The molecule has 1 heteroatoms. The minimum absolute atomic E-state index is 0.807. The van der Waals surface area contributed by atoms with E-state index in [0.717, 1.165) is 17.8 Å². The van der Waals surface area contributed by atoms with Crippen LogP contribution in [0.3, 0.4) is 0 Å². The summed E-state index contributed by atoms with van der Waals surface area (Å²) in [4.78, 5) is 0.